The molecular weight excluding hydrogens is 258 g/mol. The minimum Gasteiger partial charge on any atom is -0.392 e. The van der Waals surface area contributed by atoms with Gasteiger partial charge in [-0.2, -0.15) is 5.10 Å². The Hall–Kier alpha value is -2.47. The summed E-state index contributed by atoms with van der Waals surface area (Å²) in [5.74, 6) is -0.341. The highest BCUT2D eigenvalue weighted by molar-refractivity contribution is 5.91. The quantitative estimate of drug-likeness (QED) is 0.833. The maximum Gasteiger partial charge on any atom is 0.271 e. The summed E-state index contributed by atoms with van der Waals surface area (Å²) in [6.07, 6.45) is 0. The zero-order valence-corrected chi connectivity index (χ0v) is 11.0. The topological polar surface area (TPSA) is 84.2 Å². The summed E-state index contributed by atoms with van der Waals surface area (Å²) in [5.41, 5.74) is 1.67. The van der Waals surface area contributed by atoms with Gasteiger partial charge >= 0.3 is 0 Å². The molecule has 0 spiro atoms. The number of rotatable bonds is 4. The van der Waals surface area contributed by atoms with E-state index in [0.717, 1.165) is 15.8 Å². The summed E-state index contributed by atoms with van der Waals surface area (Å²) in [7, 11) is 1.49. The summed E-state index contributed by atoms with van der Waals surface area (Å²) in [4.78, 5) is 23.1. The van der Waals surface area contributed by atoms with Crippen LogP contribution in [0.4, 0.5) is 0 Å². The van der Waals surface area contributed by atoms with Crippen molar-refractivity contribution in [2.45, 2.75) is 13.2 Å². The second kappa shape index (κ2) is 6.12. The van der Waals surface area contributed by atoms with Crippen LogP contribution in [-0.4, -0.2) is 20.8 Å². The Bertz CT molecular complexity index is 662. The van der Waals surface area contributed by atoms with E-state index in [4.69, 9.17) is 5.11 Å². The molecule has 2 aromatic rings. The van der Waals surface area contributed by atoms with Crippen LogP contribution in [0.5, 0.6) is 0 Å². The third-order valence-corrected chi connectivity index (χ3v) is 2.85. The molecule has 0 fully saturated rings. The van der Waals surface area contributed by atoms with Crippen molar-refractivity contribution in [2.75, 3.05) is 0 Å². The number of aliphatic hydroxyl groups is 1. The van der Waals surface area contributed by atoms with E-state index in [0.29, 0.717) is 6.54 Å². The Balaban J connectivity index is 2.00. The van der Waals surface area contributed by atoms with Crippen LogP contribution >= 0.6 is 0 Å². The normalized spacial score (nSPS) is 10.3. The third kappa shape index (κ3) is 3.30. The van der Waals surface area contributed by atoms with Crippen LogP contribution in [0, 0.1) is 0 Å². The molecule has 2 N–H and O–H groups in total. The lowest BCUT2D eigenvalue weighted by Crippen LogP contribution is -2.28. The van der Waals surface area contributed by atoms with Crippen molar-refractivity contribution in [3.8, 4) is 0 Å². The van der Waals surface area contributed by atoms with Crippen molar-refractivity contribution in [1.82, 2.24) is 15.1 Å². The molecule has 0 aliphatic rings. The van der Waals surface area contributed by atoms with E-state index in [1.54, 1.807) is 12.1 Å². The molecule has 1 heterocycles. The number of carbonyl (C=O) groups excluding carboxylic acids is 1. The van der Waals surface area contributed by atoms with Crippen LogP contribution < -0.4 is 10.9 Å². The first-order chi connectivity index (χ1) is 9.60. The molecule has 104 valence electrons. The van der Waals surface area contributed by atoms with Crippen LogP contribution in [0.15, 0.2) is 41.2 Å². The molecular formula is C14H15N3O3. The Labute approximate surface area is 115 Å². The molecule has 1 aromatic heterocycles. The highest BCUT2D eigenvalue weighted by Crippen LogP contribution is 2.04. The van der Waals surface area contributed by atoms with E-state index in [-0.39, 0.29) is 23.8 Å². The lowest BCUT2D eigenvalue weighted by atomic mass is 10.1. The van der Waals surface area contributed by atoms with Gasteiger partial charge in [0.2, 0.25) is 0 Å². The van der Waals surface area contributed by atoms with Gasteiger partial charge in [-0.25, -0.2) is 4.68 Å². The van der Waals surface area contributed by atoms with Crippen LogP contribution in [0.25, 0.3) is 0 Å². The number of aromatic nitrogens is 2. The largest absolute Gasteiger partial charge is 0.392 e. The number of nitrogens with zero attached hydrogens (tertiary/aromatic N) is 2. The maximum absolute atomic E-state index is 11.9. The third-order valence-electron chi connectivity index (χ3n) is 2.85. The minimum atomic E-state index is -0.341. The van der Waals surface area contributed by atoms with Crippen LogP contribution in [0.2, 0.25) is 0 Å². The smallest absolute Gasteiger partial charge is 0.271 e. The predicted molar refractivity (Wildman–Crippen MR) is 73.0 cm³/mol. The molecule has 0 aliphatic carbocycles. The Kier molecular flexibility index (Phi) is 4.27. The first kappa shape index (κ1) is 14.0. The summed E-state index contributed by atoms with van der Waals surface area (Å²) in [6, 6.07) is 9.96. The SMILES string of the molecule is Cn1nc(C(=O)NCc2ccc(CO)cc2)ccc1=O. The zero-order valence-electron chi connectivity index (χ0n) is 11.0. The van der Waals surface area contributed by atoms with Gasteiger partial charge in [-0.15, -0.1) is 0 Å². The first-order valence-electron chi connectivity index (χ1n) is 6.11. The highest BCUT2D eigenvalue weighted by atomic mass is 16.3. The summed E-state index contributed by atoms with van der Waals surface area (Å²) < 4.78 is 1.12. The molecule has 0 bridgehead atoms. The summed E-state index contributed by atoms with van der Waals surface area (Å²) in [5, 5.41) is 15.5. The monoisotopic (exact) mass is 273 g/mol. The van der Waals surface area contributed by atoms with Gasteiger partial charge in [0.15, 0.2) is 0 Å². The average Bonchev–Trinajstić information content (AvgIpc) is 2.48. The summed E-state index contributed by atoms with van der Waals surface area (Å²) in [6.45, 7) is 0.351. The lowest BCUT2D eigenvalue weighted by molar-refractivity contribution is 0.0943. The molecule has 6 nitrogen and oxygen atoms in total. The number of nitrogens with one attached hydrogen (secondary N) is 1. The van der Waals surface area contributed by atoms with E-state index in [1.165, 1.54) is 19.2 Å². The van der Waals surface area contributed by atoms with Crippen molar-refractivity contribution < 1.29 is 9.90 Å². The van der Waals surface area contributed by atoms with Crippen molar-refractivity contribution in [3.63, 3.8) is 0 Å². The first-order valence-corrected chi connectivity index (χ1v) is 6.11. The van der Waals surface area contributed by atoms with E-state index in [1.807, 2.05) is 12.1 Å². The number of carbonyl (C=O) groups is 1. The molecule has 0 saturated heterocycles. The van der Waals surface area contributed by atoms with Crippen molar-refractivity contribution >= 4 is 5.91 Å². The van der Waals surface area contributed by atoms with Gasteiger partial charge in [0, 0.05) is 19.7 Å². The fourth-order valence-electron chi connectivity index (χ4n) is 1.66. The molecule has 0 unspecified atom stereocenters. The fraction of sp³-hybridized carbons (Fsp3) is 0.214. The number of benzene rings is 1. The maximum atomic E-state index is 11.9. The van der Waals surface area contributed by atoms with Gasteiger partial charge in [-0.3, -0.25) is 9.59 Å². The van der Waals surface area contributed by atoms with E-state index >= 15 is 0 Å². The number of aryl methyl sites for hydroxylation is 1. The van der Waals surface area contributed by atoms with Gasteiger partial charge in [0.1, 0.15) is 5.69 Å². The molecule has 1 aromatic carbocycles. The lowest BCUT2D eigenvalue weighted by Gasteiger charge is -2.06. The molecule has 2 rings (SSSR count). The molecule has 0 radical (unpaired) electrons. The van der Waals surface area contributed by atoms with Crippen LogP contribution in [-0.2, 0) is 20.2 Å². The van der Waals surface area contributed by atoms with Crippen molar-refractivity contribution in [2.24, 2.45) is 7.05 Å². The molecule has 0 atom stereocenters. The number of amides is 1. The highest BCUT2D eigenvalue weighted by Gasteiger charge is 2.08. The van der Waals surface area contributed by atoms with Crippen molar-refractivity contribution in [3.05, 3.63) is 63.6 Å². The Morgan fingerprint density at radius 3 is 2.45 bits per heavy atom. The predicted octanol–water partition coefficient (Wildman–Crippen LogP) is 0.203. The van der Waals surface area contributed by atoms with E-state index in [2.05, 4.69) is 10.4 Å². The van der Waals surface area contributed by atoms with E-state index in [9.17, 15) is 9.59 Å². The van der Waals surface area contributed by atoms with Crippen LogP contribution in [0.3, 0.4) is 0 Å². The number of aliphatic hydroxyl groups excluding tert-OH is 1. The molecule has 0 aliphatic heterocycles. The number of hydrogen-bond donors (Lipinski definition) is 2. The number of hydrogen-bond acceptors (Lipinski definition) is 4. The van der Waals surface area contributed by atoms with E-state index < -0.39 is 0 Å². The minimum absolute atomic E-state index is 0.00535. The fourth-order valence-corrected chi connectivity index (χ4v) is 1.66. The second-order valence-electron chi connectivity index (χ2n) is 4.34. The Morgan fingerprint density at radius 1 is 1.20 bits per heavy atom. The van der Waals surface area contributed by atoms with Gasteiger partial charge < -0.3 is 10.4 Å². The second-order valence-corrected chi connectivity index (χ2v) is 4.34. The molecule has 1 amide bonds. The van der Waals surface area contributed by atoms with Gasteiger partial charge in [-0.1, -0.05) is 24.3 Å². The van der Waals surface area contributed by atoms with Gasteiger partial charge in [0.25, 0.3) is 11.5 Å². The average molecular weight is 273 g/mol. The molecule has 0 saturated carbocycles. The van der Waals surface area contributed by atoms with Crippen molar-refractivity contribution in [1.29, 1.82) is 0 Å². The van der Waals surface area contributed by atoms with Gasteiger partial charge in [-0.05, 0) is 17.2 Å². The van der Waals surface area contributed by atoms with Crippen LogP contribution in [0.1, 0.15) is 21.6 Å². The van der Waals surface area contributed by atoms with Gasteiger partial charge in [0.05, 0.1) is 6.61 Å². The molecule has 20 heavy (non-hydrogen) atoms. The molecule has 6 heteroatoms. The standard InChI is InChI=1S/C14H15N3O3/c1-17-13(19)7-6-12(16-17)14(20)15-8-10-2-4-11(9-18)5-3-10/h2-7,18H,8-9H2,1H3,(H,15,20). The zero-order chi connectivity index (χ0) is 14.5. The summed E-state index contributed by atoms with van der Waals surface area (Å²) >= 11 is 0. The Morgan fingerprint density at radius 2 is 1.85 bits per heavy atom.